The number of rotatable bonds is 47. The van der Waals surface area contributed by atoms with Gasteiger partial charge in [0.25, 0.3) is 0 Å². The summed E-state index contributed by atoms with van der Waals surface area (Å²) in [4.78, 5) is 204. The molecule has 0 aliphatic carbocycles. The Morgan fingerprint density at radius 1 is 0.495 bits per heavy atom. The van der Waals surface area contributed by atoms with E-state index < -0.39 is 187 Å². The molecule has 586 valence electrons. The van der Waals surface area contributed by atoms with E-state index in [4.69, 9.17) is 11.5 Å². The van der Waals surface area contributed by atoms with E-state index in [0.29, 0.717) is 22.2 Å². The zero-order valence-electron chi connectivity index (χ0n) is 61.3. The number of nitrogens with zero attached hydrogens (tertiary/aromatic N) is 1. The summed E-state index contributed by atoms with van der Waals surface area (Å²) in [5.41, 5.74) is 15.1. The van der Waals surface area contributed by atoms with Crippen molar-refractivity contribution < 1.29 is 82.4 Å². The van der Waals surface area contributed by atoms with E-state index in [9.17, 15) is 82.4 Å². The smallest absolute Gasteiger partial charge is 0.305 e. The third-order valence-corrected chi connectivity index (χ3v) is 19.3. The number of benzene rings is 2. The number of carbonyl (C=O) groups excluding carboxylic acids is 12. The molecule has 12 amide bonds. The molecule has 2 aromatic carbocycles. The summed E-state index contributed by atoms with van der Waals surface area (Å²) in [6.07, 6.45) is 2.74. The number of carboxylic acid groups (broad SMARTS) is 2. The van der Waals surface area contributed by atoms with Crippen molar-refractivity contribution in [2.45, 2.75) is 186 Å². The number of likely N-dealkylation sites (N-methyl/N-ethyl adjacent to an activating group) is 2. The van der Waals surface area contributed by atoms with Crippen molar-refractivity contribution in [2.75, 3.05) is 31.1 Å². The molecule has 5 aromatic rings. The third kappa shape index (κ3) is 28.6. The van der Waals surface area contributed by atoms with Gasteiger partial charge in [-0.3, -0.25) is 67.1 Å². The van der Waals surface area contributed by atoms with E-state index in [0.717, 1.165) is 38.1 Å². The number of carbonyl (C=O) groups is 14. The second-order valence-corrected chi connectivity index (χ2v) is 29.5. The predicted octanol–water partition coefficient (Wildman–Crippen LogP) is -1.34. The number of hydrogen-bond donors (Lipinski definition) is 20. The normalized spacial score (nSPS) is 14.8. The first-order chi connectivity index (χ1) is 50.7. The maximum atomic E-state index is 14.9. The van der Waals surface area contributed by atoms with E-state index in [1.807, 2.05) is 24.3 Å². The average Bonchev–Trinajstić information content (AvgIpc) is 1.69. The highest BCUT2D eigenvalue weighted by Gasteiger charge is 2.38. The van der Waals surface area contributed by atoms with Crippen molar-refractivity contribution in [3.8, 4) is 0 Å². The third-order valence-electron chi connectivity index (χ3n) is 16.8. The number of imidazole rings is 1. The molecule has 0 saturated heterocycles. The zero-order chi connectivity index (χ0) is 79.2. The van der Waals surface area contributed by atoms with E-state index in [1.165, 1.54) is 19.4 Å². The summed E-state index contributed by atoms with van der Waals surface area (Å²) in [6.45, 7) is 14.3. The molecule has 0 aliphatic heterocycles. The van der Waals surface area contributed by atoms with Crippen LogP contribution in [0, 0.1) is 17.8 Å². The predicted molar refractivity (Wildman–Crippen MR) is 399 cm³/mol. The first-order valence-corrected chi connectivity index (χ1v) is 37.7. The number of amides is 12. The van der Waals surface area contributed by atoms with Crippen LogP contribution in [0.5, 0.6) is 0 Å². The molecular weight excluding hydrogens is 1430 g/mol. The number of aliphatic hydroxyl groups excluding tert-OH is 1. The number of H-pyrrole nitrogens is 3. The van der Waals surface area contributed by atoms with Crippen LogP contribution >= 0.6 is 21.6 Å². The Labute approximate surface area is 626 Å². The van der Waals surface area contributed by atoms with Crippen molar-refractivity contribution in [2.24, 2.45) is 29.2 Å². The van der Waals surface area contributed by atoms with E-state index in [2.05, 4.69) is 83.7 Å². The van der Waals surface area contributed by atoms with Crippen molar-refractivity contribution >= 4 is 126 Å². The van der Waals surface area contributed by atoms with Gasteiger partial charge < -0.3 is 106 Å². The Hall–Kier alpha value is -10.1. The minimum atomic E-state index is -1.65. The fourth-order valence-corrected chi connectivity index (χ4v) is 13.7. The van der Waals surface area contributed by atoms with Crippen LogP contribution in [0.2, 0.25) is 0 Å². The summed E-state index contributed by atoms with van der Waals surface area (Å²) >= 11 is 0. The highest BCUT2D eigenvalue weighted by molar-refractivity contribution is 8.76. The van der Waals surface area contributed by atoms with Gasteiger partial charge in [-0.25, -0.2) is 4.98 Å². The lowest BCUT2D eigenvalue weighted by molar-refractivity contribution is -0.140. The van der Waals surface area contributed by atoms with Crippen LogP contribution in [0.4, 0.5) is 0 Å². The highest BCUT2D eigenvalue weighted by Crippen LogP contribution is 2.25. The van der Waals surface area contributed by atoms with Crippen molar-refractivity contribution in [1.29, 1.82) is 0 Å². The van der Waals surface area contributed by atoms with Gasteiger partial charge in [0.2, 0.25) is 70.9 Å². The Morgan fingerprint density at radius 3 is 1.47 bits per heavy atom. The Balaban J connectivity index is 1.33. The number of nitrogens with two attached hydrogens (primary N) is 2. The number of nitrogens with one attached hydrogen (secondary N) is 15. The van der Waals surface area contributed by atoms with Gasteiger partial charge in [-0.1, -0.05) is 106 Å². The monoisotopic (exact) mass is 1530 g/mol. The standard InChI is InChI=1S/C70H102N18O17S2/c1-10-74-48(27-57(93)94)65(100)85-53(63(98)75-11-2)32-106-107-33-54(69(104)88-59(38(9)89)60(72)95)86-66(101)51(25-40-29-77-46-19-15-13-17-43(40)46)84-70(105)58(37(7)8)87-68(103)50(23-36(5)6)83-64(99)47(20-21-56(91)92)80-55(90)31-78-62(97)49(22-35(3)4)82-67(102)52(26-41-30-73-34-79-41)81-61(96)44(71)24-39-28-76-45-18-14-12-16-42(39)45/h12-19,28-30,34-38,44,47-54,58-59,74,76-77,89H,10-11,20-27,31-33,71H2,1-9H3,(H2,72,95)(H,73,79)(H,75,98)(H,78,97)(H,80,90)(H,81,96)(H,82,102)(H,83,99)(H,84,105)(H,85,100)(H,86,101)(H,87,103)(H,88,104)(H,91,92)(H,93,94)/t38-,44-,47-,48-,49-,50-,51-,52-,53-,54-,58?,59-/m0/s1. The number of hydrogen-bond acceptors (Lipinski definition) is 20. The number of aromatic nitrogens is 4. The molecule has 12 atom stereocenters. The van der Waals surface area contributed by atoms with Crippen LogP contribution in [0.25, 0.3) is 21.8 Å². The minimum absolute atomic E-state index is 0.0511. The minimum Gasteiger partial charge on any atom is -0.481 e. The van der Waals surface area contributed by atoms with E-state index >= 15 is 0 Å². The van der Waals surface area contributed by atoms with Gasteiger partial charge in [-0.15, -0.1) is 0 Å². The molecular formula is C70H102N18O17S2. The van der Waals surface area contributed by atoms with Gasteiger partial charge in [-0.2, -0.15) is 0 Å². The topological polar surface area (TPSA) is 556 Å². The molecule has 3 aromatic heterocycles. The van der Waals surface area contributed by atoms with Crippen molar-refractivity contribution in [3.05, 3.63) is 90.3 Å². The fourth-order valence-electron chi connectivity index (χ4n) is 11.3. The maximum Gasteiger partial charge on any atom is 0.305 e. The van der Waals surface area contributed by atoms with Crippen LogP contribution in [-0.4, -0.2) is 222 Å². The molecule has 5 rings (SSSR count). The lowest BCUT2D eigenvalue weighted by Crippen LogP contribution is -2.61. The maximum absolute atomic E-state index is 14.9. The lowest BCUT2D eigenvalue weighted by Gasteiger charge is -2.29. The van der Waals surface area contributed by atoms with Gasteiger partial charge in [-0.05, 0) is 87.1 Å². The number of primary amides is 1. The van der Waals surface area contributed by atoms with Gasteiger partial charge in [0, 0.05) is 77.7 Å². The summed E-state index contributed by atoms with van der Waals surface area (Å²) < 4.78 is 0. The molecule has 0 bridgehead atoms. The number of aliphatic hydroxyl groups is 1. The molecule has 1 unspecified atom stereocenters. The van der Waals surface area contributed by atoms with Gasteiger partial charge >= 0.3 is 11.9 Å². The number of fused-ring (bicyclic) bond motifs is 2. The zero-order valence-corrected chi connectivity index (χ0v) is 62.9. The summed E-state index contributed by atoms with van der Waals surface area (Å²) in [5, 5.41) is 62.4. The molecule has 22 N–H and O–H groups in total. The van der Waals surface area contributed by atoms with E-state index in [-0.39, 0.29) is 68.5 Å². The Kier molecular flexibility index (Phi) is 35.6. The van der Waals surface area contributed by atoms with Crippen LogP contribution in [0.3, 0.4) is 0 Å². The molecule has 37 heteroatoms. The van der Waals surface area contributed by atoms with E-state index in [1.54, 1.807) is 92.0 Å². The first-order valence-electron chi connectivity index (χ1n) is 35.2. The molecule has 0 radical (unpaired) electrons. The number of para-hydroxylation sites is 2. The van der Waals surface area contributed by atoms with Gasteiger partial charge in [0.1, 0.15) is 54.4 Å². The Morgan fingerprint density at radius 2 is 0.963 bits per heavy atom. The second kappa shape index (κ2) is 43.5. The molecule has 0 spiro atoms. The molecule has 0 aliphatic rings. The first kappa shape index (κ1) is 87.5. The summed E-state index contributed by atoms with van der Waals surface area (Å²) in [7, 11) is 1.91. The van der Waals surface area contributed by atoms with Crippen molar-refractivity contribution in [3.63, 3.8) is 0 Å². The largest absolute Gasteiger partial charge is 0.481 e. The van der Waals surface area contributed by atoms with Crippen LogP contribution in [-0.2, 0) is 86.4 Å². The molecule has 107 heavy (non-hydrogen) atoms. The highest BCUT2D eigenvalue weighted by atomic mass is 33.1. The quantitative estimate of drug-likeness (QED) is 0.0158. The number of aliphatic carboxylic acids is 2. The van der Waals surface area contributed by atoms with Crippen LogP contribution in [0.1, 0.15) is 111 Å². The number of aromatic amines is 3. The van der Waals surface area contributed by atoms with Gasteiger partial charge in [0.05, 0.1) is 43.2 Å². The average molecular weight is 1530 g/mol. The molecule has 35 nitrogen and oxygen atoms in total. The van der Waals surface area contributed by atoms with Gasteiger partial charge in [0.15, 0.2) is 0 Å². The van der Waals surface area contributed by atoms with Crippen molar-refractivity contribution in [1.82, 2.24) is 83.7 Å². The Bertz CT molecular complexity index is 3870. The number of carboxylic acids is 2. The lowest BCUT2D eigenvalue weighted by atomic mass is 9.98. The SMILES string of the molecule is CCNC(=O)[C@H](CSSC[C@H](NC(=O)[C@H](Cc1c[nH]c2ccccc12)NC(=O)C(NC(=O)[C@H](CC(C)C)NC(=O)[C@H](CCC(=O)O)NC(=O)CNC(=O)[C@H](CC(C)C)NC(=O)[C@H](Cc1c[nH]cn1)NC(=O)[C@@H](N)Cc1c[nH]c2ccccc12)C(C)C)C(=O)N[C@H](C(N)=O)[C@H](C)O)NC(=O)[C@H](CC(=O)O)NCC. The van der Waals surface area contributed by atoms with Crippen LogP contribution in [0.15, 0.2) is 73.4 Å². The summed E-state index contributed by atoms with van der Waals surface area (Å²) in [5.74, 6) is -15.0. The fraction of sp³-hybridized carbons (Fsp3) is 0.529. The molecule has 0 fully saturated rings. The second-order valence-electron chi connectivity index (χ2n) is 26.9. The molecule has 3 heterocycles. The van der Waals surface area contributed by atoms with Crippen LogP contribution < -0.4 is 75.3 Å². The summed E-state index contributed by atoms with van der Waals surface area (Å²) in [6, 6.07) is -0.946. The molecule has 0 saturated carbocycles.